The van der Waals surface area contributed by atoms with E-state index in [1.54, 1.807) is 26.4 Å². The van der Waals surface area contributed by atoms with Crippen molar-refractivity contribution in [3.8, 4) is 11.5 Å². The molecule has 0 saturated heterocycles. The number of ether oxygens (including phenoxy) is 2. The lowest BCUT2D eigenvalue weighted by atomic mass is 9.76. The smallest absolute Gasteiger partial charge is 0.250 e. The predicted molar refractivity (Wildman–Crippen MR) is 134 cm³/mol. The normalized spacial score (nSPS) is 19.3. The van der Waals surface area contributed by atoms with Gasteiger partial charge < -0.3 is 18.9 Å². The van der Waals surface area contributed by atoms with Gasteiger partial charge in [-0.05, 0) is 93.1 Å². The van der Waals surface area contributed by atoms with E-state index in [1.807, 2.05) is 36.4 Å². The lowest BCUT2D eigenvalue weighted by Gasteiger charge is -2.37. The number of benzene rings is 2. The third-order valence-corrected chi connectivity index (χ3v) is 6.84. The Hall–Kier alpha value is -3.19. The second-order valence-electron chi connectivity index (χ2n) is 9.41. The number of hydrogen-bond donors (Lipinski definition) is 0. The standard InChI is InChI=1S/C28H34FN3O3/c1-32(2)28(22-11-13-23(29)14-12-22)21-9-5-19(6-10-21)8-16-27-30-26(31-35-27)18-20-7-15-24(33-3)25(17-20)34-4/h7-8,11-17,19,21,28H,5-6,9-10,18H2,1-4H3/b16-8+. The van der Waals surface area contributed by atoms with E-state index in [1.165, 1.54) is 5.56 Å². The Balaban J connectivity index is 1.33. The first-order valence-corrected chi connectivity index (χ1v) is 12.1. The van der Waals surface area contributed by atoms with Crippen LogP contribution in [0.15, 0.2) is 53.1 Å². The summed E-state index contributed by atoms with van der Waals surface area (Å²) in [6.07, 6.45) is 9.18. The van der Waals surface area contributed by atoms with E-state index in [4.69, 9.17) is 14.0 Å². The van der Waals surface area contributed by atoms with Gasteiger partial charge in [-0.15, -0.1) is 0 Å². The number of nitrogens with zero attached hydrogens (tertiary/aromatic N) is 3. The minimum atomic E-state index is -0.187. The number of rotatable bonds is 9. The third kappa shape index (κ3) is 6.28. The fraction of sp³-hybridized carbons (Fsp3) is 0.429. The molecule has 0 N–H and O–H groups in total. The highest BCUT2D eigenvalue weighted by molar-refractivity contribution is 5.44. The minimum Gasteiger partial charge on any atom is -0.493 e. The molecule has 1 atom stereocenters. The van der Waals surface area contributed by atoms with Crippen molar-refractivity contribution in [3.05, 3.63) is 77.2 Å². The van der Waals surface area contributed by atoms with Gasteiger partial charge in [-0.3, -0.25) is 0 Å². The van der Waals surface area contributed by atoms with Crippen LogP contribution in [0.2, 0.25) is 0 Å². The molecule has 0 amide bonds. The highest BCUT2D eigenvalue weighted by Crippen LogP contribution is 2.40. The van der Waals surface area contributed by atoms with Crippen LogP contribution >= 0.6 is 0 Å². The van der Waals surface area contributed by atoms with Gasteiger partial charge in [0, 0.05) is 12.5 Å². The lowest BCUT2D eigenvalue weighted by molar-refractivity contribution is 0.159. The average Bonchev–Trinajstić information content (AvgIpc) is 3.31. The Morgan fingerprint density at radius 2 is 1.74 bits per heavy atom. The molecule has 1 fully saturated rings. The van der Waals surface area contributed by atoms with E-state index in [0.717, 1.165) is 31.2 Å². The predicted octanol–water partition coefficient (Wildman–Crippen LogP) is 5.94. The second-order valence-corrected chi connectivity index (χ2v) is 9.41. The second kappa shape index (κ2) is 11.5. The zero-order valence-electron chi connectivity index (χ0n) is 20.9. The Morgan fingerprint density at radius 3 is 2.40 bits per heavy atom. The van der Waals surface area contributed by atoms with Crippen LogP contribution in [-0.4, -0.2) is 43.4 Å². The van der Waals surface area contributed by atoms with Crippen molar-refractivity contribution in [3.63, 3.8) is 0 Å². The van der Waals surface area contributed by atoms with Crippen molar-refractivity contribution in [2.75, 3.05) is 28.3 Å². The molecule has 2 aromatic carbocycles. The van der Waals surface area contributed by atoms with Crippen molar-refractivity contribution < 1.29 is 18.4 Å². The minimum absolute atomic E-state index is 0.187. The summed E-state index contributed by atoms with van der Waals surface area (Å²) in [5.74, 6) is 3.39. The van der Waals surface area contributed by atoms with Crippen LogP contribution in [0.1, 0.15) is 54.6 Å². The topological polar surface area (TPSA) is 60.6 Å². The molecule has 186 valence electrons. The van der Waals surface area contributed by atoms with Gasteiger partial charge in [0.05, 0.1) is 14.2 Å². The third-order valence-electron chi connectivity index (χ3n) is 6.84. The first kappa shape index (κ1) is 24.9. The van der Waals surface area contributed by atoms with Crippen LogP contribution in [0.3, 0.4) is 0 Å². The Labute approximate surface area is 206 Å². The van der Waals surface area contributed by atoms with E-state index in [9.17, 15) is 4.39 Å². The molecule has 7 heteroatoms. The molecule has 1 unspecified atom stereocenters. The van der Waals surface area contributed by atoms with Gasteiger partial charge in [0.2, 0.25) is 5.89 Å². The zero-order chi connectivity index (χ0) is 24.8. The molecule has 3 aromatic rings. The van der Waals surface area contributed by atoms with Crippen LogP contribution in [-0.2, 0) is 6.42 Å². The number of aromatic nitrogens is 2. The molecular formula is C28H34FN3O3. The molecule has 35 heavy (non-hydrogen) atoms. The monoisotopic (exact) mass is 479 g/mol. The lowest BCUT2D eigenvalue weighted by Crippen LogP contribution is -2.30. The molecule has 0 bridgehead atoms. The molecule has 1 aromatic heterocycles. The summed E-state index contributed by atoms with van der Waals surface area (Å²) in [6.45, 7) is 0. The molecule has 0 radical (unpaired) electrons. The molecule has 1 aliphatic carbocycles. The summed E-state index contributed by atoms with van der Waals surface area (Å²) in [4.78, 5) is 6.78. The summed E-state index contributed by atoms with van der Waals surface area (Å²) < 4.78 is 29.5. The van der Waals surface area contributed by atoms with Gasteiger partial charge in [0.1, 0.15) is 5.82 Å². The van der Waals surface area contributed by atoms with Crippen LogP contribution in [0.25, 0.3) is 6.08 Å². The summed E-state index contributed by atoms with van der Waals surface area (Å²) in [5.41, 5.74) is 2.21. The van der Waals surface area contributed by atoms with Gasteiger partial charge in [0.25, 0.3) is 0 Å². The number of methoxy groups -OCH3 is 2. The fourth-order valence-corrected chi connectivity index (χ4v) is 5.10. The molecule has 1 aliphatic rings. The van der Waals surface area contributed by atoms with E-state index in [-0.39, 0.29) is 5.82 Å². The summed E-state index contributed by atoms with van der Waals surface area (Å²) >= 11 is 0. The van der Waals surface area contributed by atoms with Gasteiger partial charge in [0.15, 0.2) is 17.3 Å². The SMILES string of the molecule is COc1ccc(Cc2noc(/C=C/C3CCC(C(c4ccc(F)cc4)N(C)C)CC3)n2)cc1OC. The molecular weight excluding hydrogens is 445 g/mol. The van der Waals surface area contributed by atoms with E-state index >= 15 is 0 Å². The Morgan fingerprint density at radius 1 is 1.03 bits per heavy atom. The van der Waals surface area contributed by atoms with E-state index in [0.29, 0.717) is 47.5 Å². The Kier molecular flexibility index (Phi) is 8.18. The van der Waals surface area contributed by atoms with Crippen LogP contribution < -0.4 is 9.47 Å². The van der Waals surface area contributed by atoms with Crippen LogP contribution in [0.4, 0.5) is 4.39 Å². The average molecular weight is 480 g/mol. The van der Waals surface area contributed by atoms with Crippen molar-refractivity contribution in [1.82, 2.24) is 15.0 Å². The first-order valence-electron chi connectivity index (χ1n) is 12.1. The van der Waals surface area contributed by atoms with Gasteiger partial charge in [-0.1, -0.05) is 29.4 Å². The molecule has 0 spiro atoms. The maximum atomic E-state index is 13.4. The van der Waals surface area contributed by atoms with Gasteiger partial charge >= 0.3 is 0 Å². The molecule has 1 saturated carbocycles. The highest BCUT2D eigenvalue weighted by atomic mass is 19.1. The summed E-state index contributed by atoms with van der Waals surface area (Å²) in [6, 6.07) is 13.0. The first-order chi connectivity index (χ1) is 17.0. The van der Waals surface area contributed by atoms with Crippen molar-refractivity contribution in [1.29, 1.82) is 0 Å². The van der Waals surface area contributed by atoms with Crippen LogP contribution in [0, 0.1) is 17.7 Å². The van der Waals surface area contributed by atoms with Crippen LogP contribution in [0.5, 0.6) is 11.5 Å². The molecule has 1 heterocycles. The summed E-state index contributed by atoms with van der Waals surface area (Å²) in [5, 5.41) is 4.13. The van der Waals surface area contributed by atoms with Crippen molar-refractivity contribution in [2.45, 2.75) is 38.1 Å². The molecule has 4 rings (SSSR count). The molecule has 6 nitrogen and oxygen atoms in total. The maximum Gasteiger partial charge on any atom is 0.250 e. The molecule has 0 aliphatic heterocycles. The van der Waals surface area contributed by atoms with Crippen molar-refractivity contribution in [2.24, 2.45) is 11.8 Å². The highest BCUT2D eigenvalue weighted by Gasteiger charge is 2.29. The number of allylic oxidation sites excluding steroid dienone is 1. The number of halogens is 1. The Bertz CT molecular complexity index is 1120. The maximum absolute atomic E-state index is 13.4. The fourth-order valence-electron chi connectivity index (χ4n) is 5.10. The van der Waals surface area contributed by atoms with Crippen molar-refractivity contribution >= 4 is 6.08 Å². The van der Waals surface area contributed by atoms with E-state index in [2.05, 4.69) is 35.2 Å². The van der Waals surface area contributed by atoms with Gasteiger partial charge in [-0.25, -0.2) is 4.39 Å². The quantitative estimate of drug-likeness (QED) is 0.379. The summed E-state index contributed by atoms with van der Waals surface area (Å²) in [7, 11) is 7.45. The zero-order valence-corrected chi connectivity index (χ0v) is 20.9. The van der Waals surface area contributed by atoms with Gasteiger partial charge in [-0.2, -0.15) is 4.98 Å². The van der Waals surface area contributed by atoms with E-state index < -0.39 is 0 Å². The number of hydrogen-bond acceptors (Lipinski definition) is 6. The largest absolute Gasteiger partial charge is 0.493 e.